The number of hydrogen-bond acceptors (Lipinski definition) is 4. The topological polar surface area (TPSA) is 75.4 Å². The summed E-state index contributed by atoms with van der Waals surface area (Å²) < 4.78 is 38.1. The van der Waals surface area contributed by atoms with Crippen LogP contribution in [0.3, 0.4) is 0 Å². The minimum absolute atomic E-state index is 0.106. The van der Waals surface area contributed by atoms with Crippen LogP contribution in [0.15, 0.2) is 18.2 Å². The molecule has 1 saturated heterocycles. The van der Waals surface area contributed by atoms with Gasteiger partial charge in [-0.1, -0.05) is 0 Å². The molecule has 1 heterocycles. The molecule has 8 heteroatoms. The maximum atomic E-state index is 12.7. The van der Waals surface area contributed by atoms with Crippen molar-refractivity contribution in [2.75, 3.05) is 11.4 Å². The number of nitrogens with zero attached hydrogens (tertiary/aromatic N) is 1. The number of anilines is 1. The van der Waals surface area contributed by atoms with E-state index in [-0.39, 0.29) is 18.7 Å². The summed E-state index contributed by atoms with van der Waals surface area (Å²) in [4.78, 5) is 24.5. The van der Waals surface area contributed by atoms with E-state index in [0.717, 1.165) is 12.1 Å². The van der Waals surface area contributed by atoms with Gasteiger partial charge in [-0.3, -0.25) is 14.9 Å². The van der Waals surface area contributed by atoms with Gasteiger partial charge < -0.3 is 10.6 Å². The minimum Gasteiger partial charge on any atom is -0.350 e. The number of hydrogen-bond donors (Lipinski definition) is 2. The second-order valence-electron chi connectivity index (χ2n) is 4.76. The average Bonchev–Trinajstić information content (AvgIpc) is 2.41. The summed E-state index contributed by atoms with van der Waals surface area (Å²) in [5.41, 5.74) is 5.29. The molecule has 0 bridgehead atoms. The summed E-state index contributed by atoms with van der Waals surface area (Å²) in [6.07, 6.45) is -4.47. The zero-order chi connectivity index (χ0) is 15.8. The maximum Gasteiger partial charge on any atom is 0.416 e. The second-order valence-corrected chi connectivity index (χ2v) is 4.76. The molecule has 1 fully saturated rings. The first-order valence-corrected chi connectivity index (χ1v) is 6.24. The number of nitrogens with two attached hydrogens (primary N) is 1. The van der Waals surface area contributed by atoms with Crippen molar-refractivity contribution < 1.29 is 22.8 Å². The molecule has 0 aromatic heterocycles. The van der Waals surface area contributed by atoms with Crippen LogP contribution >= 0.6 is 0 Å². The van der Waals surface area contributed by atoms with Crippen molar-refractivity contribution in [3.63, 3.8) is 0 Å². The molecule has 5 nitrogen and oxygen atoms in total. The monoisotopic (exact) mass is 301 g/mol. The molecule has 1 aromatic carbocycles. The number of alkyl halides is 3. The summed E-state index contributed by atoms with van der Waals surface area (Å²) in [6, 6.07) is 2.44. The van der Waals surface area contributed by atoms with Crippen LogP contribution in [-0.4, -0.2) is 24.4 Å². The normalized spacial score (nSPS) is 19.7. The van der Waals surface area contributed by atoms with Gasteiger partial charge in [-0.15, -0.1) is 0 Å². The Hall–Kier alpha value is -2.09. The van der Waals surface area contributed by atoms with Gasteiger partial charge >= 0.3 is 6.18 Å². The lowest BCUT2D eigenvalue weighted by Crippen LogP contribution is -2.57. The molecule has 0 spiro atoms. The molecule has 3 N–H and O–H groups in total. The molecular weight excluding hydrogens is 287 g/mol. The standard InChI is InChI=1S/C13H14F3N3O2/c1-7-12(21)18-11(20)6-19(7)10-3-2-9(13(14,15)16)4-8(10)5-17/h2-4,7H,5-6,17H2,1H3,(H,18,20,21). The summed E-state index contributed by atoms with van der Waals surface area (Å²) in [5, 5.41) is 2.17. The van der Waals surface area contributed by atoms with Crippen molar-refractivity contribution in [2.24, 2.45) is 5.73 Å². The molecule has 1 aliphatic rings. The van der Waals surface area contributed by atoms with Crippen molar-refractivity contribution in [2.45, 2.75) is 25.7 Å². The third kappa shape index (κ3) is 2.99. The van der Waals surface area contributed by atoms with Gasteiger partial charge in [0.15, 0.2) is 0 Å². The van der Waals surface area contributed by atoms with E-state index < -0.39 is 29.6 Å². The van der Waals surface area contributed by atoms with Crippen LogP contribution < -0.4 is 16.0 Å². The fourth-order valence-electron chi connectivity index (χ4n) is 2.21. The van der Waals surface area contributed by atoms with Gasteiger partial charge in [0.25, 0.3) is 0 Å². The largest absolute Gasteiger partial charge is 0.416 e. The van der Waals surface area contributed by atoms with Crippen molar-refractivity contribution in [3.05, 3.63) is 29.3 Å². The lowest BCUT2D eigenvalue weighted by molar-refractivity contribution is -0.138. The van der Waals surface area contributed by atoms with Crippen molar-refractivity contribution in [1.82, 2.24) is 5.32 Å². The molecule has 0 radical (unpaired) electrons. The van der Waals surface area contributed by atoms with Gasteiger partial charge in [0.1, 0.15) is 6.04 Å². The Morgan fingerprint density at radius 2 is 2.05 bits per heavy atom. The number of nitrogens with one attached hydrogen (secondary N) is 1. The first kappa shape index (κ1) is 15.3. The van der Waals surface area contributed by atoms with Gasteiger partial charge in [-0.05, 0) is 30.7 Å². The van der Waals surface area contributed by atoms with Crippen molar-refractivity contribution in [3.8, 4) is 0 Å². The smallest absolute Gasteiger partial charge is 0.350 e. The molecular formula is C13H14F3N3O2. The number of amides is 2. The molecule has 1 aliphatic heterocycles. The zero-order valence-electron chi connectivity index (χ0n) is 11.2. The van der Waals surface area contributed by atoms with Crippen LogP contribution in [-0.2, 0) is 22.3 Å². The van der Waals surface area contributed by atoms with Crippen LogP contribution in [0.1, 0.15) is 18.1 Å². The quantitative estimate of drug-likeness (QED) is 0.800. The summed E-state index contributed by atoms with van der Waals surface area (Å²) in [7, 11) is 0. The highest BCUT2D eigenvalue weighted by Gasteiger charge is 2.34. The number of carbonyl (C=O) groups is 2. The van der Waals surface area contributed by atoms with Crippen molar-refractivity contribution in [1.29, 1.82) is 0 Å². The van der Waals surface area contributed by atoms with Gasteiger partial charge in [0.05, 0.1) is 12.1 Å². The fraction of sp³-hybridized carbons (Fsp3) is 0.385. The molecule has 2 amide bonds. The van der Waals surface area contributed by atoms with Crippen LogP contribution in [0, 0.1) is 0 Å². The van der Waals surface area contributed by atoms with Crippen LogP contribution in [0.5, 0.6) is 0 Å². The van der Waals surface area contributed by atoms with Crippen molar-refractivity contribution >= 4 is 17.5 Å². The summed E-state index contributed by atoms with van der Waals surface area (Å²) in [5.74, 6) is -0.991. The molecule has 1 unspecified atom stereocenters. The van der Waals surface area contributed by atoms with Crippen LogP contribution in [0.4, 0.5) is 18.9 Å². The van der Waals surface area contributed by atoms with E-state index in [2.05, 4.69) is 5.32 Å². The SMILES string of the molecule is CC1C(=O)NC(=O)CN1c1ccc(C(F)(F)F)cc1CN. The third-order valence-electron chi connectivity index (χ3n) is 3.36. The van der Waals surface area contributed by atoms with Gasteiger partial charge in [0.2, 0.25) is 11.8 Å². The number of carbonyl (C=O) groups excluding carboxylic acids is 2. The van der Waals surface area contributed by atoms with E-state index in [4.69, 9.17) is 5.73 Å². The highest BCUT2D eigenvalue weighted by molar-refractivity contribution is 6.04. The average molecular weight is 301 g/mol. The van der Waals surface area contributed by atoms with E-state index in [9.17, 15) is 22.8 Å². The Bertz CT molecular complexity index is 587. The highest BCUT2D eigenvalue weighted by atomic mass is 19.4. The third-order valence-corrected chi connectivity index (χ3v) is 3.36. The van der Waals surface area contributed by atoms with Gasteiger partial charge in [0, 0.05) is 12.2 Å². The van der Waals surface area contributed by atoms with Crippen LogP contribution in [0.2, 0.25) is 0 Å². The molecule has 21 heavy (non-hydrogen) atoms. The zero-order valence-corrected chi connectivity index (χ0v) is 11.2. The molecule has 0 saturated carbocycles. The molecule has 0 aliphatic carbocycles. The minimum atomic E-state index is -4.47. The summed E-state index contributed by atoms with van der Waals surface area (Å²) in [6.45, 7) is 1.34. The predicted octanol–water partition coefficient (Wildman–Crippen LogP) is 1.02. The number of piperazine rings is 1. The first-order chi connectivity index (χ1) is 9.74. The van der Waals surface area contributed by atoms with Gasteiger partial charge in [-0.25, -0.2) is 0 Å². The maximum absolute atomic E-state index is 12.7. The Morgan fingerprint density at radius 1 is 1.38 bits per heavy atom. The van der Waals surface area contributed by atoms with E-state index >= 15 is 0 Å². The fourth-order valence-corrected chi connectivity index (χ4v) is 2.21. The number of halogens is 3. The van der Waals surface area contributed by atoms with Gasteiger partial charge in [-0.2, -0.15) is 13.2 Å². The molecule has 1 aromatic rings. The molecule has 1 atom stereocenters. The Morgan fingerprint density at radius 3 is 2.62 bits per heavy atom. The van der Waals surface area contributed by atoms with Crippen LogP contribution in [0.25, 0.3) is 0 Å². The van der Waals surface area contributed by atoms with E-state index in [1.165, 1.54) is 11.0 Å². The lowest BCUT2D eigenvalue weighted by atomic mass is 10.0. The van der Waals surface area contributed by atoms with E-state index in [0.29, 0.717) is 5.69 Å². The first-order valence-electron chi connectivity index (χ1n) is 6.24. The highest BCUT2D eigenvalue weighted by Crippen LogP contribution is 2.33. The predicted molar refractivity (Wildman–Crippen MR) is 69.3 cm³/mol. The lowest BCUT2D eigenvalue weighted by Gasteiger charge is -2.35. The van der Waals surface area contributed by atoms with E-state index in [1.54, 1.807) is 6.92 Å². The van der Waals surface area contributed by atoms with E-state index in [1.807, 2.05) is 0 Å². The number of rotatable bonds is 2. The Balaban J connectivity index is 2.43. The Labute approximate surface area is 118 Å². The number of imide groups is 1. The summed E-state index contributed by atoms with van der Waals surface area (Å²) >= 11 is 0. The second kappa shape index (κ2) is 5.36. The Kier molecular flexibility index (Phi) is 3.91. The number of benzene rings is 1. The molecule has 114 valence electrons. The molecule has 2 rings (SSSR count).